The summed E-state index contributed by atoms with van der Waals surface area (Å²) in [5.41, 5.74) is -0.707. The molecule has 2 heterocycles. The molecule has 0 bridgehead atoms. The van der Waals surface area contributed by atoms with Gasteiger partial charge in [-0.1, -0.05) is 23.7 Å². The second-order valence-corrected chi connectivity index (χ2v) is 8.45. The predicted octanol–water partition coefficient (Wildman–Crippen LogP) is 7.19. The predicted molar refractivity (Wildman–Crippen MR) is 115 cm³/mol. The van der Waals surface area contributed by atoms with Crippen molar-refractivity contribution in [3.05, 3.63) is 72.6 Å². The molecule has 0 amide bonds. The SMILES string of the molecule is COc1ccc(/C=C/C(=O)c2cc(Br)cs2)cc1Cn1nc(C(F)F)c(Cl)c1C(F)F. The number of nitrogens with zero attached hydrogens (tertiary/aromatic N) is 2. The molecule has 0 aliphatic carbocycles. The number of rotatable bonds is 8. The summed E-state index contributed by atoms with van der Waals surface area (Å²) < 4.78 is 59.8. The van der Waals surface area contributed by atoms with Gasteiger partial charge in [0.1, 0.15) is 17.1 Å². The molecule has 3 aromatic rings. The van der Waals surface area contributed by atoms with Crippen LogP contribution >= 0.6 is 38.9 Å². The van der Waals surface area contributed by atoms with Gasteiger partial charge in [-0.05, 0) is 45.8 Å². The van der Waals surface area contributed by atoms with Crippen LogP contribution in [0.4, 0.5) is 17.6 Å². The van der Waals surface area contributed by atoms with Gasteiger partial charge in [0.15, 0.2) is 5.78 Å². The maximum absolute atomic E-state index is 13.4. The number of carbonyl (C=O) groups excluding carboxylic acids is 1. The van der Waals surface area contributed by atoms with E-state index < -0.39 is 29.3 Å². The Hall–Kier alpha value is -2.17. The zero-order valence-corrected chi connectivity index (χ0v) is 18.9. The van der Waals surface area contributed by atoms with Crippen LogP contribution in [0.3, 0.4) is 0 Å². The molecular formula is C20H14BrClF4N2O2S. The van der Waals surface area contributed by atoms with Crippen LogP contribution in [0, 0.1) is 0 Å². The largest absolute Gasteiger partial charge is 0.496 e. The third-order valence-electron chi connectivity index (χ3n) is 4.23. The molecule has 0 aliphatic heterocycles. The van der Waals surface area contributed by atoms with E-state index in [1.165, 1.54) is 24.5 Å². The molecule has 164 valence electrons. The molecule has 0 saturated carbocycles. The van der Waals surface area contributed by atoms with Gasteiger partial charge in [0.05, 0.1) is 23.6 Å². The van der Waals surface area contributed by atoms with Crippen LogP contribution < -0.4 is 4.74 Å². The van der Waals surface area contributed by atoms with Crippen molar-refractivity contribution in [2.24, 2.45) is 0 Å². The lowest BCUT2D eigenvalue weighted by Gasteiger charge is -2.12. The molecule has 0 fully saturated rings. The monoisotopic (exact) mass is 536 g/mol. The van der Waals surface area contributed by atoms with E-state index in [1.54, 1.807) is 35.7 Å². The van der Waals surface area contributed by atoms with E-state index in [9.17, 15) is 22.4 Å². The average Bonchev–Trinajstić information content (AvgIpc) is 3.29. The molecule has 0 N–H and O–H groups in total. The molecule has 3 rings (SSSR count). The van der Waals surface area contributed by atoms with Gasteiger partial charge in [-0.2, -0.15) is 5.10 Å². The number of methoxy groups -OCH3 is 1. The average molecular weight is 538 g/mol. The van der Waals surface area contributed by atoms with E-state index in [1.807, 2.05) is 0 Å². The Kier molecular flexibility index (Phi) is 7.55. The van der Waals surface area contributed by atoms with Crippen molar-refractivity contribution in [3.63, 3.8) is 0 Å². The minimum absolute atomic E-state index is 0.200. The summed E-state index contributed by atoms with van der Waals surface area (Å²) in [7, 11) is 1.39. The van der Waals surface area contributed by atoms with Crippen LogP contribution in [-0.2, 0) is 6.54 Å². The van der Waals surface area contributed by atoms with Crippen molar-refractivity contribution in [2.45, 2.75) is 19.4 Å². The number of allylic oxidation sites excluding steroid dienone is 1. The van der Waals surface area contributed by atoms with Crippen molar-refractivity contribution in [3.8, 4) is 5.75 Å². The van der Waals surface area contributed by atoms with Crippen LogP contribution in [0.25, 0.3) is 6.08 Å². The number of hydrogen-bond acceptors (Lipinski definition) is 4. The van der Waals surface area contributed by atoms with Crippen LogP contribution in [-0.4, -0.2) is 22.7 Å². The molecule has 0 aliphatic rings. The molecule has 0 unspecified atom stereocenters. The Balaban J connectivity index is 1.92. The molecule has 11 heteroatoms. The topological polar surface area (TPSA) is 44.1 Å². The lowest BCUT2D eigenvalue weighted by Crippen LogP contribution is -2.08. The van der Waals surface area contributed by atoms with Gasteiger partial charge in [-0.3, -0.25) is 9.48 Å². The highest BCUT2D eigenvalue weighted by molar-refractivity contribution is 9.10. The molecular weight excluding hydrogens is 524 g/mol. The van der Waals surface area contributed by atoms with E-state index >= 15 is 0 Å². The number of aromatic nitrogens is 2. The quantitative estimate of drug-likeness (QED) is 0.174. The fourth-order valence-corrected chi connectivity index (χ4v) is 4.47. The van der Waals surface area contributed by atoms with Crippen LogP contribution in [0.2, 0.25) is 5.02 Å². The maximum Gasteiger partial charge on any atom is 0.283 e. The zero-order valence-electron chi connectivity index (χ0n) is 15.8. The molecule has 1 aromatic carbocycles. The highest BCUT2D eigenvalue weighted by atomic mass is 79.9. The molecule has 4 nitrogen and oxygen atoms in total. The van der Waals surface area contributed by atoms with Gasteiger partial charge < -0.3 is 4.74 Å². The summed E-state index contributed by atoms with van der Waals surface area (Å²) in [5, 5.41) is 4.60. The van der Waals surface area contributed by atoms with E-state index in [2.05, 4.69) is 21.0 Å². The summed E-state index contributed by atoms with van der Waals surface area (Å²) >= 11 is 10.3. The van der Waals surface area contributed by atoms with Crippen molar-refractivity contribution >= 4 is 50.7 Å². The minimum Gasteiger partial charge on any atom is -0.496 e. The Morgan fingerprint density at radius 1 is 1.29 bits per heavy atom. The van der Waals surface area contributed by atoms with Gasteiger partial charge in [0.25, 0.3) is 12.9 Å². The summed E-state index contributed by atoms with van der Waals surface area (Å²) in [5.74, 6) is 0.143. The Bertz CT molecular complexity index is 1130. The number of ketones is 1. The van der Waals surface area contributed by atoms with E-state index in [0.717, 1.165) is 9.15 Å². The smallest absolute Gasteiger partial charge is 0.283 e. The first kappa shape index (κ1) is 23.5. The van der Waals surface area contributed by atoms with Gasteiger partial charge in [-0.15, -0.1) is 11.3 Å². The number of hydrogen-bond donors (Lipinski definition) is 0. The van der Waals surface area contributed by atoms with Crippen molar-refractivity contribution in [1.29, 1.82) is 0 Å². The fraction of sp³-hybridized carbons (Fsp3) is 0.200. The zero-order chi connectivity index (χ0) is 22.7. The Morgan fingerprint density at radius 3 is 2.61 bits per heavy atom. The van der Waals surface area contributed by atoms with Crippen LogP contribution in [0.5, 0.6) is 5.75 Å². The van der Waals surface area contributed by atoms with Gasteiger partial charge in [0.2, 0.25) is 0 Å². The van der Waals surface area contributed by atoms with Crippen molar-refractivity contribution < 1.29 is 27.1 Å². The van der Waals surface area contributed by atoms with E-state index in [-0.39, 0.29) is 12.3 Å². The lowest BCUT2D eigenvalue weighted by atomic mass is 10.1. The Morgan fingerprint density at radius 2 is 2.03 bits per heavy atom. The number of carbonyl (C=O) groups is 1. The van der Waals surface area contributed by atoms with E-state index in [0.29, 0.717) is 21.8 Å². The summed E-state index contributed by atoms with van der Waals surface area (Å²) in [6.45, 7) is -0.275. The standard InChI is InChI=1S/C20H14BrClF4N2O2S/c1-30-14-5-3-10(2-4-13(29)15-7-12(21)9-31-15)6-11(14)8-28-18(20(25)26)16(22)17(27-28)19(23)24/h2-7,9,19-20H,8H2,1H3/b4-2+. The molecule has 0 spiro atoms. The number of thiophene rings is 1. The van der Waals surface area contributed by atoms with Crippen molar-refractivity contribution in [2.75, 3.05) is 7.11 Å². The minimum atomic E-state index is -3.09. The lowest BCUT2D eigenvalue weighted by molar-refractivity contribution is 0.105. The van der Waals surface area contributed by atoms with Crippen LogP contribution in [0.1, 0.15) is 45.0 Å². The highest BCUT2D eigenvalue weighted by Gasteiger charge is 2.28. The normalized spacial score (nSPS) is 11.8. The molecule has 31 heavy (non-hydrogen) atoms. The number of halogens is 6. The second kappa shape index (κ2) is 9.97. The first-order chi connectivity index (χ1) is 14.7. The first-order valence-electron chi connectivity index (χ1n) is 8.67. The first-order valence-corrected chi connectivity index (χ1v) is 10.7. The molecule has 0 radical (unpaired) electrons. The summed E-state index contributed by atoms with van der Waals surface area (Å²) in [4.78, 5) is 12.8. The number of ether oxygens (including phenoxy) is 1. The Labute approximate surface area is 192 Å². The third kappa shape index (κ3) is 5.36. The second-order valence-electron chi connectivity index (χ2n) is 6.24. The van der Waals surface area contributed by atoms with Crippen molar-refractivity contribution in [1.82, 2.24) is 9.78 Å². The number of benzene rings is 1. The molecule has 2 aromatic heterocycles. The molecule has 0 saturated heterocycles. The highest BCUT2D eigenvalue weighted by Crippen LogP contribution is 2.35. The summed E-state index contributed by atoms with van der Waals surface area (Å²) in [6.07, 6.45) is -3.24. The van der Waals surface area contributed by atoms with Gasteiger partial charge >= 0.3 is 0 Å². The van der Waals surface area contributed by atoms with Gasteiger partial charge in [0, 0.05) is 15.4 Å². The summed E-state index contributed by atoms with van der Waals surface area (Å²) in [6, 6.07) is 6.55. The van der Waals surface area contributed by atoms with E-state index in [4.69, 9.17) is 16.3 Å². The molecule has 0 atom stereocenters. The fourth-order valence-electron chi connectivity index (χ4n) is 2.82. The third-order valence-corrected chi connectivity index (χ3v) is 6.32. The van der Waals surface area contributed by atoms with Crippen LogP contribution in [0.15, 0.2) is 40.2 Å². The maximum atomic E-state index is 13.4. The number of alkyl halides is 4. The van der Waals surface area contributed by atoms with Gasteiger partial charge in [-0.25, -0.2) is 17.6 Å².